The largest absolute Gasteiger partial charge is 0.480 e. The predicted molar refractivity (Wildman–Crippen MR) is 128 cm³/mol. The van der Waals surface area contributed by atoms with Gasteiger partial charge in [-0.15, -0.1) is 0 Å². The first-order valence-corrected chi connectivity index (χ1v) is 12.3. The maximum absolute atomic E-state index is 13.6. The third kappa shape index (κ3) is 5.94. The molecule has 3 rings (SSSR count). The molecule has 1 saturated carbocycles. The van der Waals surface area contributed by atoms with Crippen molar-refractivity contribution in [3.63, 3.8) is 0 Å². The van der Waals surface area contributed by atoms with Crippen molar-refractivity contribution in [2.24, 2.45) is 17.6 Å². The van der Waals surface area contributed by atoms with E-state index in [1.807, 2.05) is 32.0 Å². The number of likely N-dealkylation sites (N-methyl/N-ethyl adjacent to an activating group) is 1. The van der Waals surface area contributed by atoms with Gasteiger partial charge in [0.2, 0.25) is 11.8 Å². The van der Waals surface area contributed by atoms with Gasteiger partial charge in [-0.2, -0.15) is 0 Å². The van der Waals surface area contributed by atoms with Gasteiger partial charge in [0.05, 0.1) is 6.04 Å². The molecule has 2 aliphatic rings. The zero-order valence-electron chi connectivity index (χ0n) is 20.1. The van der Waals surface area contributed by atoms with E-state index >= 15 is 0 Å². The molecule has 0 saturated heterocycles. The highest BCUT2D eigenvalue weighted by molar-refractivity contribution is 5.92. The van der Waals surface area contributed by atoms with Crippen LogP contribution in [0.1, 0.15) is 75.8 Å². The summed E-state index contributed by atoms with van der Waals surface area (Å²) in [5.74, 6) is -1.64. The summed E-state index contributed by atoms with van der Waals surface area (Å²) in [4.78, 5) is 40.1. The maximum Gasteiger partial charge on any atom is 0.326 e. The van der Waals surface area contributed by atoms with Crippen LogP contribution in [0.25, 0.3) is 0 Å². The topological polar surface area (TPSA) is 113 Å². The number of nitrogens with zero attached hydrogens (tertiary/aromatic N) is 1. The fourth-order valence-electron chi connectivity index (χ4n) is 5.49. The minimum absolute atomic E-state index is 0.00536. The second-order valence-corrected chi connectivity index (χ2v) is 10.2. The molecule has 1 fully saturated rings. The van der Waals surface area contributed by atoms with Crippen molar-refractivity contribution < 1.29 is 19.5 Å². The van der Waals surface area contributed by atoms with E-state index in [0.29, 0.717) is 6.42 Å². The van der Waals surface area contributed by atoms with Crippen molar-refractivity contribution in [2.45, 2.75) is 89.3 Å². The number of aliphatic carboxylic acids is 1. The molecule has 2 amide bonds. The summed E-state index contributed by atoms with van der Waals surface area (Å²) in [5.41, 5.74) is 8.77. The van der Waals surface area contributed by atoms with Crippen molar-refractivity contribution in [3.05, 3.63) is 35.4 Å². The number of carbonyl (C=O) groups excluding carboxylic acids is 2. The number of amides is 2. The van der Waals surface area contributed by atoms with Crippen LogP contribution >= 0.6 is 0 Å². The Balaban J connectivity index is 1.78. The Kier molecular flexibility index (Phi) is 8.51. The number of nitrogens with one attached hydrogen (secondary N) is 1. The van der Waals surface area contributed by atoms with Crippen LogP contribution < -0.4 is 11.1 Å². The van der Waals surface area contributed by atoms with Gasteiger partial charge in [-0.3, -0.25) is 9.59 Å². The van der Waals surface area contributed by atoms with Gasteiger partial charge in [-0.25, -0.2) is 4.79 Å². The van der Waals surface area contributed by atoms with Gasteiger partial charge < -0.3 is 21.1 Å². The molecule has 0 heterocycles. The van der Waals surface area contributed by atoms with E-state index in [-0.39, 0.29) is 29.6 Å². The number of carboxylic acids is 1. The molecule has 0 aliphatic heterocycles. The smallest absolute Gasteiger partial charge is 0.326 e. The fourth-order valence-corrected chi connectivity index (χ4v) is 5.49. The number of aryl methyl sites for hydroxylation is 1. The number of hydrogen-bond donors (Lipinski definition) is 3. The second kappa shape index (κ2) is 11.1. The molecular formula is C26H39N3O4. The Labute approximate surface area is 197 Å². The van der Waals surface area contributed by atoms with Gasteiger partial charge >= 0.3 is 5.97 Å². The Morgan fingerprint density at radius 1 is 1.12 bits per heavy atom. The number of carboxylic acid groups (broad SMARTS) is 1. The van der Waals surface area contributed by atoms with Crippen LogP contribution in [0.5, 0.6) is 0 Å². The number of fused-ring (bicyclic) bond motifs is 1. The Morgan fingerprint density at radius 3 is 2.42 bits per heavy atom. The lowest BCUT2D eigenvalue weighted by molar-refractivity contribution is -0.151. The number of carbonyl (C=O) groups is 3. The van der Waals surface area contributed by atoms with Crippen molar-refractivity contribution in [3.8, 4) is 0 Å². The molecule has 7 nitrogen and oxygen atoms in total. The third-order valence-corrected chi connectivity index (χ3v) is 7.40. The molecule has 2 aliphatic carbocycles. The lowest BCUT2D eigenvalue weighted by Gasteiger charge is -2.36. The van der Waals surface area contributed by atoms with Crippen molar-refractivity contribution in [1.82, 2.24) is 10.2 Å². The molecule has 1 aromatic rings. The molecule has 0 bridgehead atoms. The second-order valence-electron chi connectivity index (χ2n) is 10.2. The standard InChI is InChI=1S/C26H39N3O4/c1-16(2)15-21(26(32)33)29(3)25(31)23(18-10-5-4-6-11-18)28-24(30)22(27)20-14-13-17-9-7-8-12-19(17)20/h7-9,12,16,18,20-23H,4-6,10-11,13-15,27H2,1-3H3,(H,28,30)(H,32,33)/t20?,21-,22-,23-/m1/s1. The van der Waals surface area contributed by atoms with Crippen LogP contribution in [-0.4, -0.2) is 53.0 Å². The Morgan fingerprint density at radius 2 is 1.79 bits per heavy atom. The Bertz CT molecular complexity index is 850. The van der Waals surface area contributed by atoms with Crippen LogP contribution in [0.4, 0.5) is 0 Å². The summed E-state index contributed by atoms with van der Waals surface area (Å²) in [6.45, 7) is 3.88. The highest BCUT2D eigenvalue weighted by Crippen LogP contribution is 2.35. The zero-order valence-corrected chi connectivity index (χ0v) is 20.1. The van der Waals surface area contributed by atoms with E-state index in [1.165, 1.54) is 10.5 Å². The summed E-state index contributed by atoms with van der Waals surface area (Å²) >= 11 is 0. The molecule has 7 heteroatoms. The quantitative estimate of drug-likeness (QED) is 0.527. The minimum atomic E-state index is -1.02. The van der Waals surface area contributed by atoms with Gasteiger partial charge in [0.1, 0.15) is 12.1 Å². The maximum atomic E-state index is 13.6. The molecule has 4 N–H and O–H groups in total. The van der Waals surface area contributed by atoms with E-state index in [9.17, 15) is 19.5 Å². The molecule has 182 valence electrons. The number of hydrogen-bond acceptors (Lipinski definition) is 4. The lowest BCUT2D eigenvalue weighted by atomic mass is 9.82. The monoisotopic (exact) mass is 457 g/mol. The van der Waals surface area contributed by atoms with Crippen LogP contribution in [0, 0.1) is 11.8 Å². The normalized spacial score (nSPS) is 21.2. The molecule has 1 aromatic carbocycles. The molecule has 0 radical (unpaired) electrons. The molecule has 4 atom stereocenters. The van der Waals surface area contributed by atoms with Gasteiger partial charge in [0.25, 0.3) is 0 Å². The molecule has 0 aromatic heterocycles. The number of rotatable bonds is 9. The summed E-state index contributed by atoms with van der Waals surface area (Å²) in [5, 5.41) is 12.7. The summed E-state index contributed by atoms with van der Waals surface area (Å²) in [6, 6.07) is 5.65. The first kappa shape index (κ1) is 25.2. The van der Waals surface area contributed by atoms with Gasteiger partial charge in [-0.05, 0) is 55.1 Å². The van der Waals surface area contributed by atoms with Crippen LogP contribution in [0.2, 0.25) is 0 Å². The number of benzene rings is 1. The first-order chi connectivity index (χ1) is 15.7. The Hall–Kier alpha value is -2.41. The highest BCUT2D eigenvalue weighted by Gasteiger charge is 2.39. The van der Waals surface area contributed by atoms with E-state index in [1.54, 1.807) is 7.05 Å². The minimum Gasteiger partial charge on any atom is -0.480 e. The summed E-state index contributed by atoms with van der Waals surface area (Å²) in [7, 11) is 1.54. The fraction of sp³-hybridized carbons (Fsp3) is 0.654. The van der Waals surface area contributed by atoms with E-state index < -0.39 is 24.1 Å². The van der Waals surface area contributed by atoms with Crippen LogP contribution in [0.3, 0.4) is 0 Å². The molecule has 33 heavy (non-hydrogen) atoms. The third-order valence-electron chi connectivity index (χ3n) is 7.40. The highest BCUT2D eigenvalue weighted by atomic mass is 16.4. The lowest BCUT2D eigenvalue weighted by Crippen LogP contribution is -2.58. The zero-order chi connectivity index (χ0) is 24.1. The van der Waals surface area contributed by atoms with Crippen LogP contribution in [0.15, 0.2) is 24.3 Å². The van der Waals surface area contributed by atoms with Crippen molar-refractivity contribution in [2.75, 3.05) is 7.05 Å². The van der Waals surface area contributed by atoms with Crippen molar-refractivity contribution in [1.29, 1.82) is 0 Å². The molecule has 1 unspecified atom stereocenters. The number of nitrogens with two attached hydrogens (primary N) is 1. The van der Waals surface area contributed by atoms with E-state index in [2.05, 4.69) is 11.4 Å². The molecule has 0 spiro atoms. The van der Waals surface area contributed by atoms with Crippen molar-refractivity contribution >= 4 is 17.8 Å². The van der Waals surface area contributed by atoms with E-state index in [0.717, 1.165) is 50.5 Å². The van der Waals surface area contributed by atoms with E-state index in [4.69, 9.17) is 5.73 Å². The average Bonchev–Trinajstić information content (AvgIpc) is 3.24. The summed E-state index contributed by atoms with van der Waals surface area (Å²) < 4.78 is 0. The average molecular weight is 458 g/mol. The van der Waals surface area contributed by atoms with Gasteiger partial charge in [0, 0.05) is 13.0 Å². The van der Waals surface area contributed by atoms with Gasteiger partial charge in [0.15, 0.2) is 0 Å². The molecular weight excluding hydrogens is 418 g/mol. The summed E-state index contributed by atoms with van der Waals surface area (Å²) in [6.07, 6.45) is 6.87. The van der Waals surface area contributed by atoms with Crippen LogP contribution in [-0.2, 0) is 20.8 Å². The predicted octanol–water partition coefficient (Wildman–Crippen LogP) is 3.07. The SMILES string of the molecule is CC(C)C[C@H](C(=O)O)N(C)C(=O)[C@H](NC(=O)[C@H](N)C1CCc2ccccc21)C1CCCCC1. The first-order valence-electron chi connectivity index (χ1n) is 12.3. The van der Waals surface area contributed by atoms with Gasteiger partial charge in [-0.1, -0.05) is 57.4 Å².